The number of aliphatic hydroxyl groups excluding tert-OH is 1. The molecule has 7 aliphatic rings. The number of guanidine groups is 1. The van der Waals surface area contributed by atoms with Crippen molar-refractivity contribution in [3.05, 3.63) is 119 Å². The van der Waals surface area contributed by atoms with Crippen molar-refractivity contribution in [2.75, 3.05) is 26.7 Å². The van der Waals surface area contributed by atoms with E-state index in [1.807, 2.05) is 43.6 Å². The molecule has 2 aliphatic carbocycles. The molecule has 1 spiro atoms. The highest BCUT2D eigenvalue weighted by molar-refractivity contribution is 5.85. The lowest BCUT2D eigenvalue weighted by atomic mass is 9.51. The number of ether oxygens (including phenoxy) is 4. The third-order valence-corrected chi connectivity index (χ3v) is 18.0. The van der Waals surface area contributed by atoms with Crippen molar-refractivity contribution in [2.45, 2.75) is 126 Å². The molecule has 0 amide bonds. The molecular formula is C60H71N9O9. The number of H-pyrrole nitrogens is 1. The van der Waals surface area contributed by atoms with Gasteiger partial charge in [-0.1, -0.05) is 30.0 Å². The van der Waals surface area contributed by atoms with Crippen LogP contribution in [0.3, 0.4) is 0 Å². The van der Waals surface area contributed by atoms with Gasteiger partial charge < -0.3 is 70.6 Å². The van der Waals surface area contributed by atoms with Gasteiger partial charge in [0.15, 0.2) is 29.0 Å². The average Bonchev–Trinajstić information content (AvgIpc) is 3.95. The Hall–Kier alpha value is -7.33. The topological polar surface area (TPSA) is 255 Å². The van der Waals surface area contributed by atoms with Gasteiger partial charge in [0, 0.05) is 86.5 Å². The average molecular weight is 1060 g/mol. The van der Waals surface area contributed by atoms with Crippen molar-refractivity contribution in [3.63, 3.8) is 0 Å². The number of nitrogens with zero attached hydrogens (tertiary/aromatic N) is 3. The number of nitrogens with two attached hydrogens (primary N) is 1. The van der Waals surface area contributed by atoms with E-state index in [1.165, 1.54) is 24.3 Å². The normalized spacial score (nSPS) is 30.8. The smallest absolute Gasteiger partial charge is 0.302 e. The van der Waals surface area contributed by atoms with Crippen LogP contribution >= 0.6 is 0 Å². The summed E-state index contributed by atoms with van der Waals surface area (Å²) in [6, 6.07) is 14.7. The summed E-state index contributed by atoms with van der Waals surface area (Å²) in [6.07, 6.45) is 15.8. The van der Waals surface area contributed by atoms with E-state index in [2.05, 4.69) is 66.0 Å². The zero-order valence-electron chi connectivity index (χ0n) is 44.2. The van der Waals surface area contributed by atoms with Crippen LogP contribution in [0.4, 0.5) is 0 Å². The Bertz CT molecular complexity index is 3220. The fourth-order valence-corrected chi connectivity index (χ4v) is 14.5. The summed E-state index contributed by atoms with van der Waals surface area (Å²) < 4.78 is 29.0. The van der Waals surface area contributed by atoms with Crippen molar-refractivity contribution >= 4 is 22.8 Å². The number of pyridine rings is 1. The molecule has 12 atom stereocenters. The summed E-state index contributed by atoms with van der Waals surface area (Å²) in [5.41, 5.74) is 10.1. The Kier molecular flexibility index (Phi) is 13.9. The number of allylic oxidation sites excluding steroid dienone is 2. The lowest BCUT2D eigenvalue weighted by molar-refractivity contribution is -0.196. The summed E-state index contributed by atoms with van der Waals surface area (Å²) >= 11 is 0. The fourth-order valence-electron chi connectivity index (χ4n) is 14.5. The van der Waals surface area contributed by atoms with Gasteiger partial charge in [-0.15, -0.1) is 0 Å². The number of rotatable bonds is 12. The molecule has 78 heavy (non-hydrogen) atoms. The number of carbonyl (C=O) groups excluding carboxylic acids is 1. The van der Waals surface area contributed by atoms with Crippen molar-refractivity contribution < 1.29 is 44.2 Å². The number of dihydropyridines is 1. The maximum Gasteiger partial charge on any atom is 0.302 e. The number of hydrogen-bond acceptors (Lipinski definition) is 14. The summed E-state index contributed by atoms with van der Waals surface area (Å²) in [5, 5.41) is 62.3. The van der Waals surface area contributed by atoms with Gasteiger partial charge in [0.05, 0.1) is 47.0 Å². The molecule has 12 rings (SSSR count). The number of aliphatic hydroxyl groups is 1. The highest BCUT2D eigenvalue weighted by Crippen LogP contribution is 2.60. The minimum absolute atomic E-state index is 0.0189. The number of aromatic nitrogens is 3. The largest absolute Gasteiger partial charge is 0.504 e. The number of nitrogens with one attached hydrogen (secondary N) is 5. The number of aryl methyl sites for hydroxylation is 1. The predicted molar refractivity (Wildman–Crippen MR) is 292 cm³/mol. The molecule has 8 heterocycles. The van der Waals surface area contributed by atoms with Gasteiger partial charge in [-0.3, -0.25) is 20.1 Å². The third kappa shape index (κ3) is 9.32. The first-order valence-corrected chi connectivity index (χ1v) is 27.8. The second-order valence-corrected chi connectivity index (χ2v) is 22.4. The molecule has 2 aromatic carbocycles. The van der Waals surface area contributed by atoms with Gasteiger partial charge in [-0.05, 0) is 136 Å². The van der Waals surface area contributed by atoms with Gasteiger partial charge in [0.1, 0.15) is 24.6 Å². The van der Waals surface area contributed by atoms with Gasteiger partial charge in [0.25, 0.3) is 0 Å². The van der Waals surface area contributed by atoms with E-state index in [0.29, 0.717) is 94.0 Å². The van der Waals surface area contributed by atoms with Crippen LogP contribution in [0, 0.1) is 40.9 Å². The van der Waals surface area contributed by atoms with Crippen molar-refractivity contribution in [1.82, 2.24) is 35.8 Å². The van der Waals surface area contributed by atoms with Gasteiger partial charge in [-0.25, -0.2) is 0 Å². The van der Waals surface area contributed by atoms with Crippen molar-refractivity contribution in [2.24, 2.45) is 39.8 Å². The van der Waals surface area contributed by atoms with E-state index in [0.717, 1.165) is 41.3 Å². The lowest BCUT2D eigenvalue weighted by Crippen LogP contribution is -2.81. The SMILES string of the molecule is CN[C@H](O)[C@@]12CCc3c4cc[nH]c4cn3[C@H]1NC(=NCCCC1=CCNC(N)=C1)N[C@@]21CCC[C@H]2Oc3cc(ccc3O)C[C@@H]3[C@@H]4O[C@H](c5cc(O)c(O)c(OCCc6cccnc6)c5)C[C@H](OC(C)=O)[C@@H]4CC[C@H]3C#C[C@@H]21. The second-order valence-electron chi connectivity index (χ2n) is 22.4. The molecule has 5 aliphatic heterocycles. The van der Waals surface area contributed by atoms with Crippen LogP contribution in [0.1, 0.15) is 99.4 Å². The molecule has 0 radical (unpaired) electrons. The van der Waals surface area contributed by atoms with E-state index in [4.69, 9.17) is 29.7 Å². The Labute approximate surface area is 453 Å². The Balaban J connectivity index is 0.939. The van der Waals surface area contributed by atoms with Crippen LogP contribution in [0.5, 0.6) is 28.7 Å². The third-order valence-electron chi connectivity index (χ3n) is 18.0. The van der Waals surface area contributed by atoms with Crippen LogP contribution in [-0.2, 0) is 33.5 Å². The number of hydrogen-bond donors (Lipinski definition) is 10. The molecule has 4 fully saturated rings. The van der Waals surface area contributed by atoms with Gasteiger partial charge >= 0.3 is 5.97 Å². The summed E-state index contributed by atoms with van der Waals surface area (Å²) in [6.45, 7) is 2.87. The maximum absolute atomic E-state index is 12.9. The first-order valence-electron chi connectivity index (χ1n) is 27.8. The zero-order chi connectivity index (χ0) is 53.7. The number of esters is 1. The lowest BCUT2D eigenvalue weighted by Gasteiger charge is -2.65. The monoisotopic (exact) mass is 1060 g/mol. The molecule has 2 saturated heterocycles. The Morgan fingerprint density at radius 1 is 1.08 bits per heavy atom. The molecule has 0 unspecified atom stereocenters. The van der Waals surface area contributed by atoms with E-state index >= 15 is 0 Å². The molecule has 2 bridgehead atoms. The molecular weight excluding hydrogens is 991 g/mol. The number of carbonyl (C=O) groups is 1. The minimum atomic E-state index is -1.02. The molecule has 18 heteroatoms. The Morgan fingerprint density at radius 2 is 1.97 bits per heavy atom. The molecule has 2 saturated carbocycles. The van der Waals surface area contributed by atoms with E-state index < -0.39 is 59.7 Å². The van der Waals surface area contributed by atoms with Crippen molar-refractivity contribution in [3.8, 4) is 40.6 Å². The number of phenols is 3. The maximum atomic E-state index is 12.9. The molecule has 11 N–H and O–H groups in total. The molecule has 18 nitrogen and oxygen atoms in total. The zero-order valence-corrected chi connectivity index (χ0v) is 44.2. The van der Waals surface area contributed by atoms with Crippen molar-refractivity contribution in [1.29, 1.82) is 0 Å². The van der Waals surface area contributed by atoms with Crippen LogP contribution in [0.25, 0.3) is 10.9 Å². The predicted octanol–water partition coefficient (Wildman–Crippen LogP) is 6.38. The Morgan fingerprint density at radius 3 is 2.81 bits per heavy atom. The van der Waals surface area contributed by atoms with E-state index in [9.17, 15) is 25.2 Å². The summed E-state index contributed by atoms with van der Waals surface area (Å²) in [7, 11) is 1.81. The quantitative estimate of drug-likeness (QED) is 0.0214. The molecule has 3 aromatic heterocycles. The molecule has 5 aromatic rings. The number of fused-ring (bicyclic) bond motifs is 13. The highest BCUT2D eigenvalue weighted by atomic mass is 16.6. The first-order chi connectivity index (χ1) is 37.9. The van der Waals surface area contributed by atoms with Gasteiger partial charge in [0.2, 0.25) is 5.75 Å². The van der Waals surface area contributed by atoms with E-state index in [1.54, 1.807) is 24.5 Å². The minimum Gasteiger partial charge on any atom is -0.504 e. The summed E-state index contributed by atoms with van der Waals surface area (Å²) in [4.78, 5) is 25.9. The number of phenolic OH excluding ortho intramolecular Hbond substituents is 3. The van der Waals surface area contributed by atoms with Crippen LogP contribution in [-0.4, -0.2) is 104 Å². The number of aromatic amines is 1. The number of benzene rings is 2. The number of aromatic hydroxyl groups is 3. The van der Waals surface area contributed by atoms with Gasteiger partial charge in [-0.2, -0.15) is 0 Å². The standard InChI is InChI=1S/C60H71N9O9/c1-34(70)76-50-31-49(39-29-47(72)54(73)52(30-39)75-25-18-36-7-4-21-63-32-36)78-55-41(50)12-10-38-11-13-43-48(77-51-27-37(26-42(38)55)9-14-46(51)71)8-3-19-60(43)59(57(74)62-2)20-15-45-40-17-24-64-44(40)33-69(45)56(59)67-58(68-60)66-22-5-6-35-16-23-65-53(61)28-35/h4,7,9,14,16-17,21,24,27-30,32-33,38,41-43,48-50,55-57,62,64-65,71-74H,3,5-6,8,10,12,15,18-20,22-23,25-26,31,61H2,1-2H3,(H2,66,67,68)/t38-,41-,42-,43-,48+,49-,50-,55+,56+,57+,59+,60+/m0/s1. The van der Waals surface area contributed by atoms with Crippen LogP contribution < -0.4 is 36.5 Å². The fraction of sp³-hybridized carbons (Fsp3) is 0.483. The highest BCUT2D eigenvalue weighted by Gasteiger charge is 2.69. The second kappa shape index (κ2) is 21.1. The van der Waals surface area contributed by atoms with E-state index in [-0.39, 0.29) is 47.4 Å². The molecule has 410 valence electrons. The first kappa shape index (κ1) is 51.4. The summed E-state index contributed by atoms with van der Waals surface area (Å²) in [5.74, 6) is 7.37. The van der Waals surface area contributed by atoms with Crippen LogP contribution in [0.15, 0.2) is 102 Å². The number of aliphatic imine (C=N–C) groups is 1. The van der Waals surface area contributed by atoms with Crippen LogP contribution in [0.2, 0.25) is 0 Å².